The normalized spacial score (nSPS) is 18.9. The van der Waals surface area contributed by atoms with Crippen LogP contribution in [0.1, 0.15) is 30.6 Å². The number of fused-ring (bicyclic) bond motifs is 1. The van der Waals surface area contributed by atoms with Crippen molar-refractivity contribution in [2.75, 3.05) is 51.8 Å². The Kier molecular flexibility index (Phi) is 6.99. The molecule has 3 aromatic rings. The van der Waals surface area contributed by atoms with E-state index in [1.807, 2.05) is 50.2 Å². The zero-order valence-electron chi connectivity index (χ0n) is 20.7. The summed E-state index contributed by atoms with van der Waals surface area (Å²) in [6.07, 6.45) is 0.705. The fourth-order valence-electron chi connectivity index (χ4n) is 4.54. The lowest BCUT2D eigenvalue weighted by atomic mass is 10.0. The van der Waals surface area contributed by atoms with Crippen LogP contribution in [0.5, 0.6) is 5.88 Å². The number of benzene rings is 1. The van der Waals surface area contributed by atoms with Gasteiger partial charge in [0.15, 0.2) is 5.52 Å². The van der Waals surface area contributed by atoms with Gasteiger partial charge in [-0.05, 0) is 38.1 Å². The van der Waals surface area contributed by atoms with Crippen molar-refractivity contribution in [3.8, 4) is 17.1 Å². The first-order valence-corrected chi connectivity index (χ1v) is 12.3. The highest BCUT2D eigenvalue weighted by molar-refractivity contribution is 5.95. The Morgan fingerprint density at radius 3 is 2.58 bits per heavy atom. The van der Waals surface area contributed by atoms with Gasteiger partial charge >= 0.3 is 0 Å². The SMILES string of the molecule is CC(C)(CN1CCOCC1)NC(=O)c1ccc(-c2ccc3nc(N)nc(O[C@H]4CCOC4)c3n2)cc1. The maximum Gasteiger partial charge on any atom is 0.251 e. The van der Waals surface area contributed by atoms with Gasteiger partial charge in [-0.25, -0.2) is 9.97 Å². The van der Waals surface area contributed by atoms with E-state index < -0.39 is 0 Å². The third-order valence-corrected chi connectivity index (χ3v) is 6.31. The number of pyridine rings is 1. The highest BCUT2D eigenvalue weighted by Gasteiger charge is 2.25. The summed E-state index contributed by atoms with van der Waals surface area (Å²) >= 11 is 0. The molecule has 1 aromatic carbocycles. The smallest absolute Gasteiger partial charge is 0.251 e. The molecule has 1 atom stereocenters. The number of hydrogen-bond donors (Lipinski definition) is 2. The second-order valence-electron chi connectivity index (χ2n) is 9.86. The highest BCUT2D eigenvalue weighted by Crippen LogP contribution is 2.27. The van der Waals surface area contributed by atoms with Gasteiger partial charge in [0.2, 0.25) is 11.8 Å². The van der Waals surface area contributed by atoms with Crippen LogP contribution in [0.25, 0.3) is 22.3 Å². The molecule has 10 nitrogen and oxygen atoms in total. The monoisotopic (exact) mass is 492 g/mol. The molecule has 0 unspecified atom stereocenters. The van der Waals surface area contributed by atoms with E-state index in [0.717, 1.165) is 50.5 Å². The number of aromatic nitrogens is 3. The molecule has 4 heterocycles. The summed E-state index contributed by atoms with van der Waals surface area (Å²) in [4.78, 5) is 28.6. The summed E-state index contributed by atoms with van der Waals surface area (Å²) in [6.45, 7) is 9.25. The molecule has 2 aliphatic heterocycles. The Labute approximate surface area is 210 Å². The fourth-order valence-corrected chi connectivity index (χ4v) is 4.54. The lowest BCUT2D eigenvalue weighted by Gasteiger charge is -2.35. The molecule has 190 valence electrons. The van der Waals surface area contributed by atoms with E-state index >= 15 is 0 Å². The Hall–Kier alpha value is -3.34. The van der Waals surface area contributed by atoms with Crippen molar-refractivity contribution in [1.82, 2.24) is 25.2 Å². The first kappa shape index (κ1) is 24.4. The largest absolute Gasteiger partial charge is 0.470 e. The number of carbonyl (C=O) groups excluding carboxylic acids is 1. The number of carbonyl (C=O) groups is 1. The van der Waals surface area contributed by atoms with Crippen molar-refractivity contribution >= 4 is 22.9 Å². The minimum Gasteiger partial charge on any atom is -0.470 e. The van der Waals surface area contributed by atoms with Crippen LogP contribution < -0.4 is 15.8 Å². The molecule has 0 aliphatic carbocycles. The van der Waals surface area contributed by atoms with Crippen LogP contribution in [0.15, 0.2) is 36.4 Å². The molecule has 1 amide bonds. The molecular weight excluding hydrogens is 460 g/mol. The number of hydrogen-bond acceptors (Lipinski definition) is 9. The lowest BCUT2D eigenvalue weighted by Crippen LogP contribution is -2.53. The number of nitrogens with one attached hydrogen (secondary N) is 1. The standard InChI is InChI=1S/C26H32N6O4/c1-26(2,16-32-10-13-34-14-11-32)31-23(33)18-5-3-17(4-6-18)20-7-8-21-22(28-20)24(30-25(27)29-21)36-19-9-12-35-15-19/h3-8,19H,9-16H2,1-2H3,(H,31,33)(H2,27,29,30)/t19-/m0/s1. The Bertz CT molecular complexity index is 1220. The molecule has 0 saturated carbocycles. The molecule has 2 aliphatic rings. The number of morpholine rings is 1. The average Bonchev–Trinajstić information content (AvgIpc) is 3.37. The van der Waals surface area contributed by atoms with E-state index in [2.05, 4.69) is 20.2 Å². The van der Waals surface area contributed by atoms with Gasteiger partial charge < -0.3 is 25.3 Å². The van der Waals surface area contributed by atoms with Crippen molar-refractivity contribution in [3.63, 3.8) is 0 Å². The van der Waals surface area contributed by atoms with Gasteiger partial charge in [0, 0.05) is 42.7 Å². The Balaban J connectivity index is 1.31. The van der Waals surface area contributed by atoms with Crippen LogP contribution in [0.2, 0.25) is 0 Å². The molecule has 2 aromatic heterocycles. The molecule has 36 heavy (non-hydrogen) atoms. The predicted octanol–water partition coefficient (Wildman–Crippen LogP) is 2.28. The molecule has 3 N–H and O–H groups in total. The third-order valence-electron chi connectivity index (χ3n) is 6.31. The summed E-state index contributed by atoms with van der Waals surface area (Å²) < 4.78 is 16.9. The van der Waals surface area contributed by atoms with E-state index in [9.17, 15) is 4.79 Å². The van der Waals surface area contributed by atoms with Crippen LogP contribution in [-0.4, -0.2) is 83.5 Å². The maximum absolute atomic E-state index is 12.9. The van der Waals surface area contributed by atoms with Crippen molar-refractivity contribution in [2.45, 2.75) is 31.9 Å². The lowest BCUT2D eigenvalue weighted by molar-refractivity contribution is 0.0269. The predicted molar refractivity (Wildman–Crippen MR) is 136 cm³/mol. The van der Waals surface area contributed by atoms with E-state index in [0.29, 0.717) is 35.7 Å². The van der Waals surface area contributed by atoms with E-state index in [4.69, 9.17) is 24.9 Å². The van der Waals surface area contributed by atoms with E-state index in [1.54, 1.807) is 0 Å². The molecular formula is C26H32N6O4. The van der Waals surface area contributed by atoms with Gasteiger partial charge in [0.25, 0.3) is 5.91 Å². The van der Waals surface area contributed by atoms with Crippen LogP contribution in [-0.2, 0) is 9.47 Å². The number of rotatable bonds is 7. The summed E-state index contributed by atoms with van der Waals surface area (Å²) in [6, 6.07) is 11.1. The number of nitrogens with zero attached hydrogens (tertiary/aromatic N) is 4. The zero-order chi connectivity index (χ0) is 25.1. The topological polar surface area (TPSA) is 125 Å². The summed E-state index contributed by atoms with van der Waals surface area (Å²) in [7, 11) is 0. The van der Waals surface area contributed by atoms with Gasteiger partial charge in [0.05, 0.1) is 37.6 Å². The van der Waals surface area contributed by atoms with Gasteiger partial charge in [-0.1, -0.05) is 12.1 Å². The quantitative estimate of drug-likeness (QED) is 0.511. The van der Waals surface area contributed by atoms with Gasteiger partial charge in [-0.2, -0.15) is 4.98 Å². The first-order valence-electron chi connectivity index (χ1n) is 12.3. The molecule has 2 saturated heterocycles. The number of nitrogen functional groups attached to an aromatic ring is 1. The van der Waals surface area contributed by atoms with Gasteiger partial charge in [-0.15, -0.1) is 0 Å². The molecule has 0 bridgehead atoms. The Morgan fingerprint density at radius 1 is 1.08 bits per heavy atom. The number of nitrogens with two attached hydrogens (primary N) is 1. The van der Waals surface area contributed by atoms with Crippen LogP contribution in [0, 0.1) is 0 Å². The molecule has 10 heteroatoms. The number of amides is 1. The average molecular weight is 493 g/mol. The van der Waals surface area contributed by atoms with Crippen molar-refractivity contribution in [2.24, 2.45) is 0 Å². The zero-order valence-corrected chi connectivity index (χ0v) is 20.7. The second kappa shape index (κ2) is 10.3. The van der Waals surface area contributed by atoms with Crippen molar-refractivity contribution in [1.29, 1.82) is 0 Å². The highest BCUT2D eigenvalue weighted by atomic mass is 16.5. The van der Waals surface area contributed by atoms with Crippen LogP contribution >= 0.6 is 0 Å². The van der Waals surface area contributed by atoms with Crippen LogP contribution in [0.3, 0.4) is 0 Å². The summed E-state index contributed by atoms with van der Waals surface area (Å²) in [5, 5.41) is 3.16. The second-order valence-corrected chi connectivity index (χ2v) is 9.86. The minimum absolute atomic E-state index is 0.0850. The first-order chi connectivity index (χ1) is 17.4. The molecule has 2 fully saturated rings. The van der Waals surface area contributed by atoms with Gasteiger partial charge in [-0.3, -0.25) is 9.69 Å². The molecule has 5 rings (SSSR count). The third kappa shape index (κ3) is 5.72. The molecule has 0 radical (unpaired) electrons. The number of anilines is 1. The Morgan fingerprint density at radius 2 is 1.86 bits per heavy atom. The summed E-state index contributed by atoms with van der Waals surface area (Å²) in [5.41, 5.74) is 8.86. The fraction of sp³-hybridized carbons (Fsp3) is 0.462. The summed E-state index contributed by atoms with van der Waals surface area (Å²) in [5.74, 6) is 0.385. The van der Waals surface area contributed by atoms with Gasteiger partial charge in [0.1, 0.15) is 6.10 Å². The molecule has 0 spiro atoms. The number of ether oxygens (including phenoxy) is 3. The minimum atomic E-state index is -0.365. The van der Waals surface area contributed by atoms with Crippen molar-refractivity contribution < 1.29 is 19.0 Å². The van der Waals surface area contributed by atoms with Crippen molar-refractivity contribution in [3.05, 3.63) is 42.0 Å². The van der Waals surface area contributed by atoms with Crippen LogP contribution in [0.4, 0.5) is 5.95 Å². The van der Waals surface area contributed by atoms with E-state index in [-0.39, 0.29) is 23.5 Å². The maximum atomic E-state index is 12.9. The van der Waals surface area contributed by atoms with E-state index in [1.165, 1.54) is 0 Å².